The van der Waals surface area contributed by atoms with Crippen molar-refractivity contribution in [3.05, 3.63) is 34.3 Å². The summed E-state index contributed by atoms with van der Waals surface area (Å²) in [5.41, 5.74) is 1.31. The molecule has 2 saturated heterocycles. The van der Waals surface area contributed by atoms with Crippen molar-refractivity contribution < 1.29 is 4.79 Å². The molecule has 0 aliphatic carbocycles. The van der Waals surface area contributed by atoms with Crippen molar-refractivity contribution in [1.29, 1.82) is 0 Å². The van der Waals surface area contributed by atoms with Crippen LogP contribution in [0, 0.1) is 5.92 Å². The van der Waals surface area contributed by atoms with Gasteiger partial charge in [-0.15, -0.1) is 0 Å². The van der Waals surface area contributed by atoms with E-state index >= 15 is 0 Å². The standard InChI is InChI=1S/C16H21BrN2O/c17-15-6-2-1-5-13(15)11-18-10-7-14(12-18)16(20)19-8-3-4-9-19/h1-2,5-6,14H,3-4,7-12H2. The van der Waals surface area contributed by atoms with Crippen molar-refractivity contribution in [2.45, 2.75) is 25.8 Å². The van der Waals surface area contributed by atoms with Crippen LogP contribution in [0.2, 0.25) is 0 Å². The molecule has 0 bridgehead atoms. The monoisotopic (exact) mass is 336 g/mol. The average Bonchev–Trinajstić information content (AvgIpc) is 3.12. The number of nitrogens with zero attached hydrogens (tertiary/aromatic N) is 2. The molecule has 0 spiro atoms. The summed E-state index contributed by atoms with van der Waals surface area (Å²) < 4.78 is 1.16. The van der Waals surface area contributed by atoms with Gasteiger partial charge in [0.1, 0.15) is 0 Å². The van der Waals surface area contributed by atoms with Crippen molar-refractivity contribution >= 4 is 21.8 Å². The van der Waals surface area contributed by atoms with Gasteiger partial charge in [0.2, 0.25) is 5.91 Å². The highest BCUT2D eigenvalue weighted by Crippen LogP contribution is 2.25. The second-order valence-corrected chi connectivity index (χ2v) is 6.70. The number of carbonyl (C=O) groups is 1. The van der Waals surface area contributed by atoms with Crippen LogP contribution in [-0.2, 0) is 11.3 Å². The molecule has 2 heterocycles. The Balaban J connectivity index is 1.57. The van der Waals surface area contributed by atoms with Crippen molar-refractivity contribution in [1.82, 2.24) is 9.80 Å². The molecule has 0 N–H and O–H groups in total. The third-order valence-corrected chi connectivity index (χ3v) is 5.16. The van der Waals surface area contributed by atoms with E-state index in [1.807, 2.05) is 6.07 Å². The zero-order chi connectivity index (χ0) is 13.9. The molecule has 4 heteroatoms. The second-order valence-electron chi connectivity index (χ2n) is 5.84. The molecule has 1 unspecified atom stereocenters. The number of hydrogen-bond acceptors (Lipinski definition) is 2. The predicted molar refractivity (Wildman–Crippen MR) is 83.3 cm³/mol. The summed E-state index contributed by atoms with van der Waals surface area (Å²) in [5.74, 6) is 0.604. The number of likely N-dealkylation sites (tertiary alicyclic amines) is 2. The van der Waals surface area contributed by atoms with Crippen LogP contribution in [0.15, 0.2) is 28.7 Å². The van der Waals surface area contributed by atoms with Crippen LogP contribution in [0.1, 0.15) is 24.8 Å². The van der Waals surface area contributed by atoms with Crippen LogP contribution in [0.3, 0.4) is 0 Å². The molecule has 0 saturated carbocycles. The minimum absolute atomic E-state index is 0.218. The lowest BCUT2D eigenvalue weighted by atomic mass is 10.1. The smallest absolute Gasteiger partial charge is 0.227 e. The van der Waals surface area contributed by atoms with E-state index in [4.69, 9.17) is 0 Å². The summed E-state index contributed by atoms with van der Waals surface area (Å²) >= 11 is 3.60. The van der Waals surface area contributed by atoms with Crippen molar-refractivity contribution in [3.63, 3.8) is 0 Å². The summed E-state index contributed by atoms with van der Waals surface area (Å²) in [7, 11) is 0. The van der Waals surface area contributed by atoms with E-state index in [0.29, 0.717) is 5.91 Å². The summed E-state index contributed by atoms with van der Waals surface area (Å²) in [6.45, 7) is 4.83. The number of benzene rings is 1. The van der Waals surface area contributed by atoms with Crippen LogP contribution in [-0.4, -0.2) is 41.9 Å². The van der Waals surface area contributed by atoms with E-state index < -0.39 is 0 Å². The van der Waals surface area contributed by atoms with E-state index in [9.17, 15) is 4.79 Å². The van der Waals surface area contributed by atoms with Crippen LogP contribution in [0.25, 0.3) is 0 Å². The molecule has 1 aromatic rings. The first-order valence-corrected chi connectivity index (χ1v) is 8.28. The molecule has 0 aromatic heterocycles. The molecule has 3 rings (SSSR count). The van der Waals surface area contributed by atoms with Crippen molar-refractivity contribution in [2.24, 2.45) is 5.92 Å². The molecule has 3 nitrogen and oxygen atoms in total. The van der Waals surface area contributed by atoms with Gasteiger partial charge in [-0.1, -0.05) is 34.1 Å². The van der Waals surface area contributed by atoms with Gasteiger partial charge in [-0.25, -0.2) is 0 Å². The van der Waals surface area contributed by atoms with E-state index in [1.54, 1.807) is 0 Å². The lowest BCUT2D eigenvalue weighted by Crippen LogP contribution is -2.35. The van der Waals surface area contributed by atoms with Gasteiger partial charge in [0.25, 0.3) is 0 Å². The first-order chi connectivity index (χ1) is 9.74. The third-order valence-electron chi connectivity index (χ3n) is 4.39. The van der Waals surface area contributed by atoms with E-state index in [0.717, 1.165) is 43.6 Å². The fraction of sp³-hybridized carbons (Fsp3) is 0.562. The lowest BCUT2D eigenvalue weighted by molar-refractivity contribution is -0.134. The average molecular weight is 337 g/mol. The number of rotatable bonds is 3. The molecule has 2 aliphatic heterocycles. The number of carbonyl (C=O) groups excluding carboxylic acids is 1. The Morgan fingerprint density at radius 3 is 2.70 bits per heavy atom. The summed E-state index contributed by atoms with van der Waals surface area (Å²) in [5, 5.41) is 0. The van der Waals surface area contributed by atoms with Crippen LogP contribution in [0.5, 0.6) is 0 Å². The topological polar surface area (TPSA) is 23.6 Å². The predicted octanol–water partition coefficient (Wildman–Crippen LogP) is 2.89. The second kappa shape index (κ2) is 6.27. The molecule has 108 valence electrons. The maximum atomic E-state index is 12.4. The lowest BCUT2D eigenvalue weighted by Gasteiger charge is -2.21. The number of amides is 1. The summed E-state index contributed by atoms with van der Waals surface area (Å²) in [4.78, 5) is 16.9. The van der Waals surface area contributed by atoms with Crippen molar-refractivity contribution in [2.75, 3.05) is 26.2 Å². The highest BCUT2D eigenvalue weighted by Gasteiger charge is 2.32. The maximum Gasteiger partial charge on any atom is 0.227 e. The zero-order valence-electron chi connectivity index (χ0n) is 11.7. The number of halogens is 1. The maximum absolute atomic E-state index is 12.4. The first kappa shape index (κ1) is 14.1. The zero-order valence-corrected chi connectivity index (χ0v) is 13.3. The Morgan fingerprint density at radius 2 is 1.95 bits per heavy atom. The van der Waals surface area contributed by atoms with Crippen LogP contribution in [0.4, 0.5) is 0 Å². The molecule has 1 amide bonds. The van der Waals surface area contributed by atoms with E-state index in [-0.39, 0.29) is 5.92 Å². The fourth-order valence-electron chi connectivity index (χ4n) is 3.24. The van der Waals surface area contributed by atoms with E-state index in [1.165, 1.54) is 18.4 Å². The summed E-state index contributed by atoms with van der Waals surface area (Å²) in [6, 6.07) is 8.35. The summed E-state index contributed by atoms with van der Waals surface area (Å²) in [6.07, 6.45) is 3.37. The molecule has 1 aromatic carbocycles. The molecule has 2 fully saturated rings. The molecule has 20 heavy (non-hydrogen) atoms. The Bertz CT molecular complexity index is 485. The normalized spacial score (nSPS) is 23.4. The van der Waals surface area contributed by atoms with Gasteiger partial charge >= 0.3 is 0 Å². The Labute approximate surface area is 129 Å². The fourth-order valence-corrected chi connectivity index (χ4v) is 3.65. The Kier molecular flexibility index (Phi) is 4.41. The largest absolute Gasteiger partial charge is 0.342 e. The van der Waals surface area contributed by atoms with Gasteiger partial charge < -0.3 is 4.90 Å². The Hall–Kier alpha value is -0.870. The third kappa shape index (κ3) is 3.07. The van der Waals surface area contributed by atoms with E-state index in [2.05, 4.69) is 43.9 Å². The van der Waals surface area contributed by atoms with Gasteiger partial charge in [0, 0.05) is 30.7 Å². The molecular weight excluding hydrogens is 316 g/mol. The minimum atomic E-state index is 0.218. The SMILES string of the molecule is O=C(C1CCN(Cc2ccccc2Br)C1)N1CCCC1. The molecule has 1 atom stereocenters. The van der Waals surface area contributed by atoms with Gasteiger partial charge in [0.15, 0.2) is 0 Å². The van der Waals surface area contributed by atoms with Crippen molar-refractivity contribution in [3.8, 4) is 0 Å². The molecular formula is C16H21BrN2O. The quantitative estimate of drug-likeness (QED) is 0.847. The van der Waals surface area contributed by atoms with Crippen LogP contribution >= 0.6 is 15.9 Å². The Morgan fingerprint density at radius 1 is 1.20 bits per heavy atom. The first-order valence-electron chi connectivity index (χ1n) is 7.48. The van der Waals surface area contributed by atoms with Gasteiger partial charge in [-0.05, 0) is 37.4 Å². The molecule has 0 radical (unpaired) electrons. The highest BCUT2D eigenvalue weighted by molar-refractivity contribution is 9.10. The van der Waals surface area contributed by atoms with Gasteiger partial charge in [0.05, 0.1) is 5.92 Å². The van der Waals surface area contributed by atoms with Gasteiger partial charge in [-0.2, -0.15) is 0 Å². The highest BCUT2D eigenvalue weighted by atomic mass is 79.9. The van der Waals surface area contributed by atoms with Gasteiger partial charge in [-0.3, -0.25) is 9.69 Å². The van der Waals surface area contributed by atoms with Crippen LogP contribution < -0.4 is 0 Å². The molecule has 2 aliphatic rings. The number of hydrogen-bond donors (Lipinski definition) is 0. The minimum Gasteiger partial charge on any atom is -0.342 e.